The lowest BCUT2D eigenvalue weighted by Gasteiger charge is -2.28. The summed E-state index contributed by atoms with van der Waals surface area (Å²) < 4.78 is 6.71. The molecule has 1 atom stereocenters. The van der Waals surface area contributed by atoms with Crippen LogP contribution >= 0.6 is 0 Å². The van der Waals surface area contributed by atoms with E-state index in [0.29, 0.717) is 0 Å². The molecular weight excluding hydrogens is 787 g/mol. The highest BCUT2D eigenvalue weighted by molar-refractivity contribution is 6.17. The topological polar surface area (TPSA) is 16.4 Å². The monoisotopic (exact) mass is 829 g/mol. The number of benzene rings is 11. The molecule has 1 aliphatic rings. The van der Waals surface area contributed by atoms with E-state index in [0.717, 1.165) is 40.8 Å². The minimum atomic E-state index is 0.162. The zero-order chi connectivity index (χ0) is 42.8. The Kier molecular flexibility index (Phi) is 8.77. The van der Waals surface area contributed by atoms with Gasteiger partial charge < -0.3 is 9.32 Å². The van der Waals surface area contributed by atoms with Gasteiger partial charge >= 0.3 is 0 Å². The van der Waals surface area contributed by atoms with Gasteiger partial charge in [0.05, 0.1) is 5.69 Å². The molecule has 306 valence electrons. The number of fused-ring (bicyclic) bond motifs is 10. The quantitative estimate of drug-likeness (QED) is 0.155. The first-order valence-corrected chi connectivity index (χ1v) is 22.8. The summed E-state index contributed by atoms with van der Waals surface area (Å²) in [6.45, 7) is 0. The average Bonchev–Trinajstić information content (AvgIpc) is 3.67. The van der Waals surface area contributed by atoms with E-state index >= 15 is 0 Å². The van der Waals surface area contributed by atoms with Crippen LogP contribution in [-0.2, 0) is 6.42 Å². The van der Waals surface area contributed by atoms with Gasteiger partial charge in [-0.2, -0.15) is 0 Å². The van der Waals surface area contributed by atoms with Crippen LogP contribution in [0, 0.1) is 0 Å². The molecule has 0 saturated carbocycles. The predicted octanol–water partition coefficient (Wildman–Crippen LogP) is 17.6. The van der Waals surface area contributed by atoms with Gasteiger partial charge in [0, 0.05) is 39.0 Å². The van der Waals surface area contributed by atoms with Crippen LogP contribution in [0.2, 0.25) is 0 Å². The molecule has 0 N–H and O–H groups in total. The van der Waals surface area contributed by atoms with E-state index in [1.807, 2.05) is 0 Å². The number of aryl methyl sites for hydroxylation is 1. The Morgan fingerprint density at radius 1 is 0.400 bits per heavy atom. The van der Waals surface area contributed by atoms with Gasteiger partial charge in [0.15, 0.2) is 0 Å². The fraction of sp³-hybridized carbons (Fsp3) is 0.0476. The van der Waals surface area contributed by atoms with Crippen LogP contribution in [0.4, 0.5) is 17.1 Å². The van der Waals surface area contributed by atoms with Gasteiger partial charge in [0.25, 0.3) is 0 Å². The van der Waals surface area contributed by atoms with E-state index in [-0.39, 0.29) is 5.92 Å². The zero-order valence-corrected chi connectivity index (χ0v) is 35.8. The smallest absolute Gasteiger partial charge is 0.136 e. The molecule has 1 aliphatic carbocycles. The Labute approximate surface area is 378 Å². The third kappa shape index (κ3) is 6.25. The van der Waals surface area contributed by atoms with Crippen LogP contribution in [-0.4, -0.2) is 0 Å². The van der Waals surface area contributed by atoms with Gasteiger partial charge in [0.2, 0.25) is 0 Å². The van der Waals surface area contributed by atoms with Gasteiger partial charge in [-0.1, -0.05) is 176 Å². The number of hydrogen-bond acceptors (Lipinski definition) is 2. The Balaban J connectivity index is 1.01. The van der Waals surface area contributed by atoms with Crippen LogP contribution in [0.15, 0.2) is 235 Å². The SMILES string of the molecule is c1ccc(-c2c3c(cc4oc5ccccc5c24)CCC(c2ccc(N(c4ccccc4)c4cc5ccccc5c5ccccc45)cc2)c2ccc(-c4ccc5ccccc5c4)cc2-3)cc1. The summed E-state index contributed by atoms with van der Waals surface area (Å²) in [5, 5.41) is 9.80. The lowest BCUT2D eigenvalue weighted by Crippen LogP contribution is -2.11. The van der Waals surface area contributed by atoms with Crippen molar-refractivity contribution in [2.75, 3.05) is 4.90 Å². The molecule has 0 spiro atoms. The van der Waals surface area contributed by atoms with Crippen molar-refractivity contribution in [1.82, 2.24) is 0 Å². The largest absolute Gasteiger partial charge is 0.456 e. The summed E-state index contributed by atoms with van der Waals surface area (Å²) in [5.74, 6) is 0.162. The van der Waals surface area contributed by atoms with Crippen LogP contribution in [0.3, 0.4) is 0 Å². The highest BCUT2D eigenvalue weighted by Crippen LogP contribution is 2.51. The van der Waals surface area contributed by atoms with Gasteiger partial charge in [0.1, 0.15) is 11.2 Å². The Morgan fingerprint density at radius 3 is 1.85 bits per heavy atom. The van der Waals surface area contributed by atoms with Crippen molar-refractivity contribution < 1.29 is 4.42 Å². The third-order valence-electron chi connectivity index (χ3n) is 13.8. The number of anilines is 3. The molecule has 1 aromatic heterocycles. The number of furan rings is 1. The van der Waals surface area contributed by atoms with E-state index < -0.39 is 0 Å². The first-order valence-electron chi connectivity index (χ1n) is 22.8. The number of hydrogen-bond donors (Lipinski definition) is 0. The Morgan fingerprint density at radius 2 is 1.03 bits per heavy atom. The molecule has 1 unspecified atom stereocenters. The van der Waals surface area contributed by atoms with Gasteiger partial charge in [-0.3, -0.25) is 0 Å². The molecule has 0 bridgehead atoms. The molecule has 0 aliphatic heterocycles. The van der Waals surface area contributed by atoms with Crippen molar-refractivity contribution in [3.63, 3.8) is 0 Å². The second-order valence-corrected chi connectivity index (χ2v) is 17.5. The van der Waals surface area contributed by atoms with Gasteiger partial charge in [-0.05, 0) is 139 Å². The van der Waals surface area contributed by atoms with Crippen molar-refractivity contribution in [2.45, 2.75) is 18.8 Å². The summed E-state index contributed by atoms with van der Waals surface area (Å²) in [6, 6.07) is 84.8. The molecular formula is C63H43NO. The first kappa shape index (κ1) is 37.4. The highest BCUT2D eigenvalue weighted by atomic mass is 16.3. The van der Waals surface area contributed by atoms with Crippen LogP contribution in [0.1, 0.15) is 29.0 Å². The fourth-order valence-electron chi connectivity index (χ4n) is 10.8. The second-order valence-electron chi connectivity index (χ2n) is 17.5. The third-order valence-corrected chi connectivity index (χ3v) is 13.8. The molecule has 12 aromatic rings. The van der Waals surface area contributed by atoms with Crippen LogP contribution in [0.5, 0.6) is 0 Å². The maximum absolute atomic E-state index is 6.71. The molecule has 65 heavy (non-hydrogen) atoms. The van der Waals surface area contributed by atoms with Gasteiger partial charge in [-0.15, -0.1) is 0 Å². The molecule has 0 amide bonds. The molecule has 13 rings (SSSR count). The van der Waals surface area contributed by atoms with Crippen molar-refractivity contribution in [2.24, 2.45) is 0 Å². The van der Waals surface area contributed by atoms with E-state index in [1.54, 1.807) is 0 Å². The summed E-state index contributed by atoms with van der Waals surface area (Å²) >= 11 is 0. The van der Waals surface area contributed by atoms with Crippen molar-refractivity contribution in [3.8, 4) is 33.4 Å². The number of nitrogens with zero attached hydrogens (tertiary/aromatic N) is 1. The first-order chi connectivity index (χ1) is 32.2. The predicted molar refractivity (Wildman–Crippen MR) is 274 cm³/mol. The normalized spacial score (nSPS) is 13.6. The van der Waals surface area contributed by atoms with Crippen molar-refractivity contribution >= 4 is 71.3 Å². The zero-order valence-electron chi connectivity index (χ0n) is 35.8. The lowest BCUT2D eigenvalue weighted by atomic mass is 9.82. The summed E-state index contributed by atoms with van der Waals surface area (Å²) in [7, 11) is 0. The molecule has 2 nitrogen and oxygen atoms in total. The molecule has 0 fully saturated rings. The number of rotatable bonds is 6. The maximum Gasteiger partial charge on any atom is 0.136 e. The van der Waals surface area contributed by atoms with Gasteiger partial charge in [-0.25, -0.2) is 0 Å². The minimum Gasteiger partial charge on any atom is -0.456 e. The van der Waals surface area contributed by atoms with E-state index in [9.17, 15) is 0 Å². The summed E-state index contributed by atoms with van der Waals surface area (Å²) in [4.78, 5) is 2.43. The standard InChI is InChI=1S/C63H43NO/c1-3-16-43(17-4-1)62-61-48(40-60-63(62)56-25-13-14-26-59(56)65-60)32-35-52(54-36-31-46(38-57(54)61)45-28-27-41-15-7-8-18-44(41)37-45)42-29-33-50(34-30-42)64(49-20-5-2-6-21-49)58-39-47-19-9-10-22-51(47)53-23-11-12-24-55(53)58/h1-31,33-34,36-40,52H,32,35H2. The highest BCUT2D eigenvalue weighted by Gasteiger charge is 2.30. The second kappa shape index (κ2) is 15.3. The maximum atomic E-state index is 6.71. The van der Waals surface area contributed by atoms with E-state index in [1.165, 1.54) is 93.5 Å². The Hall–Kier alpha value is -8.20. The fourth-order valence-corrected chi connectivity index (χ4v) is 10.8. The summed E-state index contributed by atoms with van der Waals surface area (Å²) in [5.41, 5.74) is 16.8. The molecule has 0 saturated heterocycles. The summed E-state index contributed by atoms with van der Waals surface area (Å²) in [6.07, 6.45) is 1.88. The lowest BCUT2D eigenvalue weighted by molar-refractivity contribution is 0.667. The van der Waals surface area contributed by atoms with E-state index in [4.69, 9.17) is 4.42 Å². The average molecular weight is 830 g/mol. The van der Waals surface area contributed by atoms with Crippen LogP contribution < -0.4 is 4.90 Å². The number of para-hydroxylation sites is 2. The molecule has 2 heteroatoms. The van der Waals surface area contributed by atoms with Crippen molar-refractivity contribution in [3.05, 3.63) is 247 Å². The molecule has 11 aromatic carbocycles. The van der Waals surface area contributed by atoms with Crippen LogP contribution in [0.25, 0.3) is 87.6 Å². The molecule has 0 radical (unpaired) electrons. The minimum absolute atomic E-state index is 0.162. The van der Waals surface area contributed by atoms with E-state index in [2.05, 4.69) is 235 Å². The Bertz CT molecular complexity index is 3770. The van der Waals surface area contributed by atoms with Crippen molar-refractivity contribution in [1.29, 1.82) is 0 Å². The molecule has 1 heterocycles.